The van der Waals surface area contributed by atoms with Crippen LogP contribution in [0.3, 0.4) is 0 Å². The summed E-state index contributed by atoms with van der Waals surface area (Å²) in [5.41, 5.74) is 1.07. The lowest BCUT2D eigenvalue weighted by molar-refractivity contribution is -0.121. The summed E-state index contributed by atoms with van der Waals surface area (Å²) in [4.78, 5) is 52.9. The standard InChI is InChI=1S/C18H16N4O4/c23-15(20-9-10-21-16(24)12-5-7-19-8-6-12)11-22-17(25)13-3-1-2-4-14(13)18(22)26/h1-8H,9-11H2,(H,20,23)(H,21,24). The molecule has 2 N–H and O–H groups in total. The Hall–Kier alpha value is -3.55. The number of benzene rings is 1. The van der Waals surface area contributed by atoms with Gasteiger partial charge >= 0.3 is 0 Å². The average molecular weight is 352 g/mol. The van der Waals surface area contributed by atoms with Crippen LogP contribution in [0, 0.1) is 0 Å². The second-order valence-corrected chi connectivity index (χ2v) is 5.58. The first-order valence-electron chi connectivity index (χ1n) is 7.98. The van der Waals surface area contributed by atoms with Gasteiger partial charge in [-0.25, -0.2) is 0 Å². The number of hydrogen-bond acceptors (Lipinski definition) is 5. The first-order chi connectivity index (χ1) is 12.6. The first kappa shape index (κ1) is 17.3. The van der Waals surface area contributed by atoms with Crippen molar-refractivity contribution in [2.75, 3.05) is 19.6 Å². The Balaban J connectivity index is 1.45. The molecule has 0 bridgehead atoms. The van der Waals surface area contributed by atoms with E-state index >= 15 is 0 Å². The Morgan fingerprint density at radius 3 is 2.08 bits per heavy atom. The van der Waals surface area contributed by atoms with Gasteiger partial charge in [0, 0.05) is 31.0 Å². The highest BCUT2D eigenvalue weighted by molar-refractivity contribution is 6.22. The zero-order chi connectivity index (χ0) is 18.5. The highest BCUT2D eigenvalue weighted by Gasteiger charge is 2.36. The maximum Gasteiger partial charge on any atom is 0.262 e. The quantitative estimate of drug-likeness (QED) is 0.571. The van der Waals surface area contributed by atoms with Gasteiger partial charge in [0.05, 0.1) is 11.1 Å². The van der Waals surface area contributed by atoms with Crippen LogP contribution in [0.2, 0.25) is 0 Å². The average Bonchev–Trinajstić information content (AvgIpc) is 2.91. The topological polar surface area (TPSA) is 108 Å². The smallest absolute Gasteiger partial charge is 0.262 e. The van der Waals surface area contributed by atoms with Gasteiger partial charge in [-0.05, 0) is 24.3 Å². The monoisotopic (exact) mass is 352 g/mol. The molecule has 1 aromatic heterocycles. The van der Waals surface area contributed by atoms with Gasteiger partial charge in [-0.15, -0.1) is 0 Å². The molecule has 0 fully saturated rings. The molecule has 2 heterocycles. The van der Waals surface area contributed by atoms with Crippen LogP contribution in [0.4, 0.5) is 0 Å². The van der Waals surface area contributed by atoms with Crippen molar-refractivity contribution in [1.82, 2.24) is 20.5 Å². The molecule has 0 unspecified atom stereocenters. The third-order valence-corrected chi connectivity index (χ3v) is 3.86. The van der Waals surface area contributed by atoms with Gasteiger partial charge in [-0.1, -0.05) is 12.1 Å². The molecule has 0 atom stereocenters. The van der Waals surface area contributed by atoms with E-state index in [4.69, 9.17) is 0 Å². The lowest BCUT2D eigenvalue weighted by Crippen LogP contribution is -2.42. The highest BCUT2D eigenvalue weighted by Crippen LogP contribution is 2.21. The van der Waals surface area contributed by atoms with Gasteiger partial charge in [-0.2, -0.15) is 0 Å². The zero-order valence-electron chi connectivity index (χ0n) is 13.8. The molecular weight excluding hydrogens is 336 g/mol. The van der Waals surface area contributed by atoms with Gasteiger partial charge in [0.1, 0.15) is 6.54 Å². The number of hydrogen-bond donors (Lipinski definition) is 2. The fourth-order valence-corrected chi connectivity index (χ4v) is 2.57. The number of carbonyl (C=O) groups is 4. The predicted molar refractivity (Wildman–Crippen MR) is 91.4 cm³/mol. The molecule has 26 heavy (non-hydrogen) atoms. The van der Waals surface area contributed by atoms with Gasteiger partial charge in [0.2, 0.25) is 5.91 Å². The molecule has 0 aliphatic carbocycles. The Morgan fingerprint density at radius 2 is 1.46 bits per heavy atom. The largest absolute Gasteiger partial charge is 0.353 e. The van der Waals surface area contributed by atoms with E-state index in [-0.39, 0.29) is 25.5 Å². The number of amides is 4. The van der Waals surface area contributed by atoms with Crippen molar-refractivity contribution in [2.24, 2.45) is 0 Å². The Kier molecular flexibility index (Phi) is 5.02. The molecule has 1 aliphatic rings. The molecule has 4 amide bonds. The lowest BCUT2D eigenvalue weighted by atomic mass is 10.1. The van der Waals surface area contributed by atoms with Crippen molar-refractivity contribution in [1.29, 1.82) is 0 Å². The summed E-state index contributed by atoms with van der Waals surface area (Å²) < 4.78 is 0. The van der Waals surface area contributed by atoms with E-state index in [1.165, 1.54) is 12.4 Å². The van der Waals surface area contributed by atoms with Gasteiger partial charge in [-0.3, -0.25) is 29.1 Å². The number of rotatable bonds is 6. The summed E-state index contributed by atoms with van der Waals surface area (Å²) in [6, 6.07) is 9.61. The third-order valence-electron chi connectivity index (χ3n) is 3.86. The summed E-state index contributed by atoms with van der Waals surface area (Å²) in [5.74, 6) is -1.71. The molecule has 1 aromatic carbocycles. The van der Waals surface area contributed by atoms with Crippen molar-refractivity contribution < 1.29 is 19.2 Å². The van der Waals surface area contributed by atoms with Crippen LogP contribution in [0.5, 0.6) is 0 Å². The number of carbonyl (C=O) groups excluding carboxylic acids is 4. The van der Waals surface area contributed by atoms with E-state index in [0.29, 0.717) is 16.7 Å². The van der Waals surface area contributed by atoms with Crippen LogP contribution < -0.4 is 10.6 Å². The number of aromatic nitrogens is 1. The number of pyridine rings is 1. The lowest BCUT2D eigenvalue weighted by Gasteiger charge is -2.13. The SMILES string of the molecule is O=C(CN1C(=O)c2ccccc2C1=O)NCCNC(=O)c1ccncc1. The van der Waals surface area contributed by atoms with Crippen LogP contribution in [-0.2, 0) is 4.79 Å². The summed E-state index contributed by atoms with van der Waals surface area (Å²) in [6.07, 6.45) is 3.03. The summed E-state index contributed by atoms with van der Waals surface area (Å²) in [6.45, 7) is 0.0402. The summed E-state index contributed by atoms with van der Waals surface area (Å²) in [7, 11) is 0. The molecule has 132 valence electrons. The Morgan fingerprint density at radius 1 is 0.885 bits per heavy atom. The van der Waals surface area contributed by atoms with Crippen LogP contribution in [-0.4, -0.2) is 53.1 Å². The van der Waals surface area contributed by atoms with Gasteiger partial charge < -0.3 is 10.6 Å². The zero-order valence-corrected chi connectivity index (χ0v) is 13.8. The normalized spacial score (nSPS) is 12.7. The van der Waals surface area contributed by atoms with Crippen LogP contribution in [0.25, 0.3) is 0 Å². The molecule has 0 radical (unpaired) electrons. The van der Waals surface area contributed by atoms with Crippen molar-refractivity contribution in [3.05, 3.63) is 65.5 Å². The van der Waals surface area contributed by atoms with Crippen molar-refractivity contribution in [3.63, 3.8) is 0 Å². The number of imide groups is 1. The summed E-state index contributed by atoms with van der Waals surface area (Å²) in [5, 5.41) is 5.22. The van der Waals surface area contributed by atoms with E-state index in [0.717, 1.165) is 4.90 Å². The number of nitrogens with one attached hydrogen (secondary N) is 2. The van der Waals surface area contributed by atoms with Crippen LogP contribution >= 0.6 is 0 Å². The summed E-state index contributed by atoms with van der Waals surface area (Å²) >= 11 is 0. The van der Waals surface area contributed by atoms with E-state index in [2.05, 4.69) is 15.6 Å². The highest BCUT2D eigenvalue weighted by atomic mass is 16.2. The minimum absolute atomic E-state index is 0.179. The maximum absolute atomic E-state index is 12.2. The molecule has 0 saturated heterocycles. The van der Waals surface area contributed by atoms with Gasteiger partial charge in [0.15, 0.2) is 0 Å². The minimum atomic E-state index is -0.480. The molecular formula is C18H16N4O4. The van der Waals surface area contributed by atoms with Crippen LogP contribution in [0.1, 0.15) is 31.1 Å². The predicted octanol–water partition coefficient (Wildman–Crippen LogP) is 0.224. The molecule has 0 spiro atoms. The third kappa shape index (κ3) is 3.59. The minimum Gasteiger partial charge on any atom is -0.353 e. The molecule has 0 saturated carbocycles. The van der Waals surface area contributed by atoms with Gasteiger partial charge in [0.25, 0.3) is 17.7 Å². The molecule has 8 nitrogen and oxygen atoms in total. The second kappa shape index (κ2) is 7.56. The fraction of sp³-hybridized carbons (Fsp3) is 0.167. The molecule has 1 aliphatic heterocycles. The fourth-order valence-electron chi connectivity index (χ4n) is 2.57. The van der Waals surface area contributed by atoms with Crippen molar-refractivity contribution in [3.8, 4) is 0 Å². The number of nitrogens with zero attached hydrogens (tertiary/aromatic N) is 2. The maximum atomic E-state index is 12.2. The first-order valence-corrected chi connectivity index (χ1v) is 7.98. The van der Waals surface area contributed by atoms with E-state index in [1.54, 1.807) is 36.4 Å². The molecule has 8 heteroatoms. The van der Waals surface area contributed by atoms with Crippen molar-refractivity contribution >= 4 is 23.6 Å². The second-order valence-electron chi connectivity index (χ2n) is 5.58. The molecule has 3 rings (SSSR count). The van der Waals surface area contributed by atoms with Crippen molar-refractivity contribution in [2.45, 2.75) is 0 Å². The van der Waals surface area contributed by atoms with E-state index in [1.807, 2.05) is 0 Å². The van der Waals surface area contributed by atoms with E-state index in [9.17, 15) is 19.2 Å². The van der Waals surface area contributed by atoms with E-state index < -0.39 is 17.7 Å². The Labute approximate surface area is 149 Å². The van der Waals surface area contributed by atoms with Crippen LogP contribution in [0.15, 0.2) is 48.8 Å². The number of fused-ring (bicyclic) bond motifs is 1. The molecule has 2 aromatic rings. The Bertz CT molecular complexity index is 832.